The lowest BCUT2D eigenvalue weighted by molar-refractivity contribution is -0.122. The second kappa shape index (κ2) is 7.89. The number of carbonyl (C=O) groups excluding carboxylic acids is 1. The maximum Gasteiger partial charge on any atom is 0.243 e. The van der Waals surface area contributed by atoms with Gasteiger partial charge in [-0.2, -0.15) is 4.31 Å². The van der Waals surface area contributed by atoms with Crippen LogP contribution in [-0.2, 0) is 21.2 Å². The Balaban J connectivity index is 1.28. The van der Waals surface area contributed by atoms with Crippen molar-refractivity contribution >= 4 is 15.9 Å². The molecule has 3 fully saturated rings. The minimum absolute atomic E-state index is 0.0927. The molecule has 7 heteroatoms. The molecule has 3 aliphatic heterocycles. The van der Waals surface area contributed by atoms with Crippen LogP contribution in [0.2, 0.25) is 0 Å². The lowest BCUT2D eigenvalue weighted by Crippen LogP contribution is -2.48. The van der Waals surface area contributed by atoms with Crippen molar-refractivity contribution < 1.29 is 13.2 Å². The van der Waals surface area contributed by atoms with Gasteiger partial charge in [-0.25, -0.2) is 8.42 Å². The number of rotatable bonds is 6. The summed E-state index contributed by atoms with van der Waals surface area (Å²) in [5, 5.41) is 6.77. The Bertz CT molecular complexity index is 760. The fourth-order valence-corrected chi connectivity index (χ4v) is 6.16. The molecule has 6 nitrogen and oxygen atoms in total. The third-order valence-electron chi connectivity index (χ3n) is 6.11. The second-order valence-electron chi connectivity index (χ2n) is 8.13. The van der Waals surface area contributed by atoms with Gasteiger partial charge in [-0.3, -0.25) is 4.79 Å². The first-order valence-corrected chi connectivity index (χ1v) is 11.6. The predicted molar refractivity (Wildman–Crippen MR) is 104 cm³/mol. The van der Waals surface area contributed by atoms with E-state index in [1.54, 1.807) is 16.4 Å². The van der Waals surface area contributed by atoms with E-state index in [-0.39, 0.29) is 5.91 Å². The standard InChI is InChI=1S/C20H29N3O3S/c24-20(22-18-13-16-6-7-17(14-18)21-16)10-5-15-3-8-19(9-4-15)27(25,26)23-11-1-2-12-23/h3-4,8-9,16-18,21H,1-2,5-7,10-14H2,(H,22,24). The Morgan fingerprint density at radius 1 is 1.07 bits per heavy atom. The second-order valence-corrected chi connectivity index (χ2v) is 10.1. The van der Waals surface area contributed by atoms with Gasteiger partial charge in [-0.05, 0) is 62.6 Å². The largest absolute Gasteiger partial charge is 0.353 e. The molecule has 27 heavy (non-hydrogen) atoms. The predicted octanol–water partition coefficient (Wildman–Crippen LogP) is 1.80. The highest BCUT2D eigenvalue weighted by atomic mass is 32.2. The van der Waals surface area contributed by atoms with E-state index in [0.717, 1.165) is 31.2 Å². The minimum Gasteiger partial charge on any atom is -0.353 e. The maximum absolute atomic E-state index is 12.5. The minimum atomic E-state index is -3.36. The van der Waals surface area contributed by atoms with Crippen LogP contribution in [0.25, 0.3) is 0 Å². The molecule has 1 aromatic carbocycles. The number of nitrogens with one attached hydrogen (secondary N) is 2. The molecule has 0 aromatic heterocycles. The van der Waals surface area contributed by atoms with Crippen LogP contribution in [-0.4, -0.2) is 49.8 Å². The molecular weight excluding hydrogens is 362 g/mol. The number of amides is 1. The van der Waals surface area contributed by atoms with Crippen molar-refractivity contribution in [1.82, 2.24) is 14.9 Å². The van der Waals surface area contributed by atoms with E-state index < -0.39 is 10.0 Å². The van der Waals surface area contributed by atoms with Crippen molar-refractivity contribution in [2.75, 3.05) is 13.1 Å². The van der Waals surface area contributed by atoms with Gasteiger partial charge in [0.1, 0.15) is 0 Å². The molecular formula is C20H29N3O3S. The van der Waals surface area contributed by atoms with Crippen molar-refractivity contribution in [3.05, 3.63) is 29.8 Å². The zero-order valence-corrected chi connectivity index (χ0v) is 16.5. The maximum atomic E-state index is 12.5. The van der Waals surface area contributed by atoms with Gasteiger partial charge in [0.25, 0.3) is 0 Å². The Labute approximate surface area is 161 Å². The first kappa shape index (κ1) is 18.9. The van der Waals surface area contributed by atoms with Crippen LogP contribution in [0.15, 0.2) is 29.2 Å². The zero-order valence-electron chi connectivity index (χ0n) is 15.7. The molecule has 3 heterocycles. The molecule has 2 unspecified atom stereocenters. The number of fused-ring (bicyclic) bond motifs is 2. The Morgan fingerprint density at radius 3 is 2.33 bits per heavy atom. The molecule has 0 spiro atoms. The molecule has 0 radical (unpaired) electrons. The number of benzene rings is 1. The van der Waals surface area contributed by atoms with E-state index >= 15 is 0 Å². The monoisotopic (exact) mass is 391 g/mol. The summed E-state index contributed by atoms with van der Waals surface area (Å²) in [5.41, 5.74) is 0.996. The third-order valence-corrected chi connectivity index (χ3v) is 8.02. The number of sulfonamides is 1. The summed E-state index contributed by atoms with van der Waals surface area (Å²) in [4.78, 5) is 12.6. The summed E-state index contributed by atoms with van der Waals surface area (Å²) in [6.07, 6.45) is 7.46. The van der Waals surface area contributed by atoms with E-state index in [4.69, 9.17) is 0 Å². The van der Waals surface area contributed by atoms with Crippen LogP contribution in [0.4, 0.5) is 0 Å². The van der Waals surface area contributed by atoms with Crippen molar-refractivity contribution in [2.45, 2.75) is 74.4 Å². The molecule has 1 amide bonds. The molecule has 1 aromatic rings. The van der Waals surface area contributed by atoms with Gasteiger partial charge in [0.05, 0.1) is 4.90 Å². The van der Waals surface area contributed by atoms with Crippen molar-refractivity contribution in [2.24, 2.45) is 0 Å². The number of piperidine rings is 1. The summed E-state index contributed by atoms with van der Waals surface area (Å²) in [5.74, 6) is 0.0927. The first-order valence-electron chi connectivity index (χ1n) is 10.2. The normalized spacial score (nSPS) is 28.4. The number of hydrogen-bond donors (Lipinski definition) is 2. The van der Waals surface area contributed by atoms with Crippen LogP contribution < -0.4 is 10.6 Å². The molecule has 2 atom stereocenters. The summed E-state index contributed by atoms with van der Waals surface area (Å²) in [6.45, 7) is 1.23. The highest BCUT2D eigenvalue weighted by molar-refractivity contribution is 7.89. The molecule has 2 bridgehead atoms. The van der Waals surface area contributed by atoms with Crippen LogP contribution in [0.1, 0.15) is 50.5 Å². The van der Waals surface area contributed by atoms with E-state index in [2.05, 4.69) is 10.6 Å². The van der Waals surface area contributed by atoms with Gasteiger partial charge in [0.2, 0.25) is 15.9 Å². The highest BCUT2D eigenvalue weighted by Crippen LogP contribution is 2.27. The zero-order chi connectivity index (χ0) is 18.9. The fraction of sp³-hybridized carbons (Fsp3) is 0.650. The average Bonchev–Trinajstić information content (AvgIpc) is 3.31. The number of aryl methyl sites for hydroxylation is 1. The van der Waals surface area contributed by atoms with Gasteiger partial charge in [-0.15, -0.1) is 0 Å². The van der Waals surface area contributed by atoms with E-state index in [0.29, 0.717) is 49.0 Å². The quantitative estimate of drug-likeness (QED) is 0.775. The smallest absolute Gasteiger partial charge is 0.243 e. The van der Waals surface area contributed by atoms with Crippen LogP contribution >= 0.6 is 0 Å². The highest BCUT2D eigenvalue weighted by Gasteiger charge is 2.33. The lowest BCUT2D eigenvalue weighted by Gasteiger charge is -2.29. The van der Waals surface area contributed by atoms with Crippen molar-refractivity contribution in [1.29, 1.82) is 0 Å². The van der Waals surface area contributed by atoms with Gasteiger partial charge >= 0.3 is 0 Å². The topological polar surface area (TPSA) is 78.5 Å². The first-order chi connectivity index (χ1) is 13.0. The Morgan fingerprint density at radius 2 is 1.70 bits per heavy atom. The Hall–Kier alpha value is -1.44. The molecule has 3 aliphatic rings. The summed E-state index contributed by atoms with van der Waals surface area (Å²) in [6, 6.07) is 8.45. The van der Waals surface area contributed by atoms with Crippen molar-refractivity contribution in [3.8, 4) is 0 Å². The summed E-state index contributed by atoms with van der Waals surface area (Å²) < 4.78 is 26.7. The molecule has 3 saturated heterocycles. The van der Waals surface area contributed by atoms with E-state index in [9.17, 15) is 13.2 Å². The van der Waals surface area contributed by atoms with Crippen LogP contribution in [0, 0.1) is 0 Å². The number of nitrogens with zero attached hydrogens (tertiary/aromatic N) is 1. The molecule has 148 valence electrons. The van der Waals surface area contributed by atoms with Crippen molar-refractivity contribution in [3.63, 3.8) is 0 Å². The molecule has 4 rings (SSSR count). The van der Waals surface area contributed by atoms with E-state index in [1.165, 1.54) is 12.8 Å². The number of hydrogen-bond acceptors (Lipinski definition) is 4. The lowest BCUT2D eigenvalue weighted by atomic mass is 9.99. The summed E-state index contributed by atoms with van der Waals surface area (Å²) >= 11 is 0. The average molecular weight is 392 g/mol. The number of carbonyl (C=O) groups is 1. The molecule has 0 aliphatic carbocycles. The van der Waals surface area contributed by atoms with Crippen LogP contribution in [0.3, 0.4) is 0 Å². The summed E-state index contributed by atoms with van der Waals surface area (Å²) in [7, 11) is -3.36. The van der Waals surface area contributed by atoms with Gasteiger partial charge in [0.15, 0.2) is 0 Å². The SMILES string of the molecule is O=C(CCc1ccc(S(=O)(=O)N2CCCC2)cc1)NC1CC2CCC(C1)N2. The molecule has 0 saturated carbocycles. The Kier molecular flexibility index (Phi) is 5.53. The third kappa shape index (κ3) is 4.36. The molecule has 2 N–H and O–H groups in total. The van der Waals surface area contributed by atoms with Crippen LogP contribution in [0.5, 0.6) is 0 Å². The fourth-order valence-electron chi connectivity index (χ4n) is 4.64. The van der Waals surface area contributed by atoms with Gasteiger partial charge < -0.3 is 10.6 Å². The van der Waals surface area contributed by atoms with Gasteiger partial charge in [-0.1, -0.05) is 12.1 Å². The van der Waals surface area contributed by atoms with E-state index in [1.807, 2.05) is 12.1 Å². The van der Waals surface area contributed by atoms with Gasteiger partial charge in [0, 0.05) is 37.6 Å².